The van der Waals surface area contributed by atoms with E-state index in [9.17, 15) is 9.59 Å². The van der Waals surface area contributed by atoms with Crippen LogP contribution >= 0.6 is 0 Å². The molecule has 0 aliphatic carbocycles. The molecule has 1 saturated heterocycles. The number of rotatable bonds is 7. The van der Waals surface area contributed by atoms with Crippen LogP contribution in [0.3, 0.4) is 0 Å². The largest absolute Gasteiger partial charge is 0.352 e. The Bertz CT molecular complexity index is 740. The Labute approximate surface area is 155 Å². The molecular weight excluding hydrogens is 324 g/mol. The lowest BCUT2D eigenvalue weighted by Crippen LogP contribution is -2.33. The molecule has 0 aromatic heterocycles. The highest BCUT2D eigenvalue weighted by atomic mass is 16.2. The summed E-state index contributed by atoms with van der Waals surface area (Å²) in [4.78, 5) is 26.4. The highest BCUT2D eigenvalue weighted by molar-refractivity contribution is 5.89. The summed E-state index contributed by atoms with van der Waals surface area (Å²) in [6, 6.07) is 18.4. The molecule has 2 aromatic rings. The minimum Gasteiger partial charge on any atom is -0.352 e. The minimum atomic E-state index is -0.242. The first kappa shape index (κ1) is 18.2. The second-order valence-corrected chi connectivity index (χ2v) is 6.86. The Morgan fingerprint density at radius 1 is 1.04 bits per heavy atom. The molecule has 0 unspecified atom stereocenters. The SMILES string of the molecule is CCc1ccc(CNC(=O)[C@@H]2CC(=O)N(CCc3ccccc3)C2)cc1. The van der Waals surface area contributed by atoms with Gasteiger partial charge in [0.25, 0.3) is 0 Å². The summed E-state index contributed by atoms with van der Waals surface area (Å²) < 4.78 is 0. The summed E-state index contributed by atoms with van der Waals surface area (Å²) in [5, 5.41) is 2.98. The fourth-order valence-corrected chi connectivity index (χ4v) is 3.30. The molecule has 1 atom stereocenters. The van der Waals surface area contributed by atoms with Crippen molar-refractivity contribution in [3.8, 4) is 0 Å². The van der Waals surface area contributed by atoms with Gasteiger partial charge in [-0.3, -0.25) is 9.59 Å². The lowest BCUT2D eigenvalue weighted by molar-refractivity contribution is -0.129. The molecule has 2 amide bonds. The summed E-state index contributed by atoms with van der Waals surface area (Å²) in [5.74, 6) is -0.193. The maximum Gasteiger partial charge on any atom is 0.225 e. The van der Waals surface area contributed by atoms with E-state index >= 15 is 0 Å². The van der Waals surface area contributed by atoms with Gasteiger partial charge in [0.1, 0.15) is 0 Å². The number of carbonyl (C=O) groups is 2. The van der Waals surface area contributed by atoms with Crippen LogP contribution in [0.5, 0.6) is 0 Å². The number of benzene rings is 2. The van der Waals surface area contributed by atoms with Crippen molar-refractivity contribution >= 4 is 11.8 Å². The van der Waals surface area contributed by atoms with Gasteiger partial charge in [0.2, 0.25) is 11.8 Å². The molecule has 4 nitrogen and oxygen atoms in total. The maximum absolute atomic E-state index is 12.4. The van der Waals surface area contributed by atoms with Gasteiger partial charge < -0.3 is 10.2 Å². The molecule has 2 aromatic carbocycles. The Morgan fingerprint density at radius 2 is 1.73 bits per heavy atom. The first-order valence-corrected chi connectivity index (χ1v) is 9.33. The second-order valence-electron chi connectivity index (χ2n) is 6.86. The zero-order valence-corrected chi connectivity index (χ0v) is 15.3. The zero-order valence-electron chi connectivity index (χ0n) is 15.3. The normalized spacial score (nSPS) is 16.7. The third-order valence-corrected chi connectivity index (χ3v) is 5.00. The van der Waals surface area contributed by atoms with Gasteiger partial charge in [0, 0.05) is 26.1 Å². The Hall–Kier alpha value is -2.62. The molecule has 0 spiro atoms. The van der Waals surface area contributed by atoms with Gasteiger partial charge >= 0.3 is 0 Å². The van der Waals surface area contributed by atoms with E-state index in [1.54, 1.807) is 0 Å². The molecule has 4 heteroatoms. The van der Waals surface area contributed by atoms with E-state index in [1.165, 1.54) is 11.1 Å². The third kappa shape index (κ3) is 4.72. The number of amides is 2. The van der Waals surface area contributed by atoms with Crippen molar-refractivity contribution in [2.24, 2.45) is 5.92 Å². The van der Waals surface area contributed by atoms with Crippen molar-refractivity contribution in [3.05, 3.63) is 71.3 Å². The lowest BCUT2D eigenvalue weighted by Gasteiger charge is -2.16. The van der Waals surface area contributed by atoms with Gasteiger partial charge in [0.05, 0.1) is 5.92 Å². The second kappa shape index (κ2) is 8.65. The Kier molecular flexibility index (Phi) is 6.05. The quantitative estimate of drug-likeness (QED) is 0.835. The van der Waals surface area contributed by atoms with Crippen molar-refractivity contribution in [1.29, 1.82) is 0 Å². The lowest BCUT2D eigenvalue weighted by atomic mass is 10.1. The highest BCUT2D eigenvalue weighted by Gasteiger charge is 2.33. The van der Waals surface area contributed by atoms with E-state index in [0.29, 0.717) is 26.1 Å². The van der Waals surface area contributed by atoms with Crippen LogP contribution in [0.1, 0.15) is 30.0 Å². The number of hydrogen-bond acceptors (Lipinski definition) is 2. The molecule has 0 bridgehead atoms. The topological polar surface area (TPSA) is 49.4 Å². The summed E-state index contributed by atoms with van der Waals surface area (Å²) in [6.45, 7) is 3.83. The maximum atomic E-state index is 12.4. The smallest absolute Gasteiger partial charge is 0.225 e. The van der Waals surface area contributed by atoms with Crippen LogP contribution in [-0.2, 0) is 29.0 Å². The van der Waals surface area contributed by atoms with Crippen molar-refractivity contribution in [2.75, 3.05) is 13.1 Å². The molecule has 3 rings (SSSR count). The summed E-state index contributed by atoms with van der Waals surface area (Å²) >= 11 is 0. The molecule has 136 valence electrons. The van der Waals surface area contributed by atoms with E-state index < -0.39 is 0 Å². The van der Waals surface area contributed by atoms with Crippen LogP contribution in [0.2, 0.25) is 0 Å². The number of hydrogen-bond donors (Lipinski definition) is 1. The molecule has 1 heterocycles. The molecule has 1 aliphatic heterocycles. The zero-order chi connectivity index (χ0) is 18.4. The number of nitrogens with zero attached hydrogens (tertiary/aromatic N) is 1. The van der Waals surface area contributed by atoms with E-state index in [0.717, 1.165) is 18.4 Å². The summed E-state index contributed by atoms with van der Waals surface area (Å²) in [7, 11) is 0. The molecule has 1 N–H and O–H groups in total. The number of carbonyl (C=O) groups excluding carboxylic acids is 2. The molecule has 0 radical (unpaired) electrons. The van der Waals surface area contributed by atoms with Crippen LogP contribution < -0.4 is 5.32 Å². The van der Waals surface area contributed by atoms with E-state index in [2.05, 4.69) is 36.5 Å². The van der Waals surface area contributed by atoms with Crippen molar-refractivity contribution in [3.63, 3.8) is 0 Å². The minimum absolute atomic E-state index is 0.0277. The molecule has 26 heavy (non-hydrogen) atoms. The average Bonchev–Trinajstić information content (AvgIpc) is 3.06. The first-order chi connectivity index (χ1) is 12.7. The van der Waals surface area contributed by atoms with Crippen LogP contribution in [0.25, 0.3) is 0 Å². The molecule has 1 fully saturated rings. The number of likely N-dealkylation sites (tertiary alicyclic amines) is 1. The Morgan fingerprint density at radius 3 is 2.42 bits per heavy atom. The molecule has 1 aliphatic rings. The van der Waals surface area contributed by atoms with Gasteiger partial charge in [-0.1, -0.05) is 61.5 Å². The van der Waals surface area contributed by atoms with Gasteiger partial charge in [-0.15, -0.1) is 0 Å². The summed E-state index contributed by atoms with van der Waals surface area (Å²) in [5.41, 5.74) is 3.58. The van der Waals surface area contributed by atoms with Crippen LogP contribution in [0.15, 0.2) is 54.6 Å². The van der Waals surface area contributed by atoms with E-state index in [1.807, 2.05) is 35.2 Å². The molecule has 0 saturated carbocycles. The van der Waals surface area contributed by atoms with Crippen molar-refractivity contribution in [1.82, 2.24) is 10.2 Å². The number of aryl methyl sites for hydroxylation is 1. The Balaban J connectivity index is 1.47. The predicted molar refractivity (Wildman–Crippen MR) is 102 cm³/mol. The van der Waals surface area contributed by atoms with Gasteiger partial charge in [-0.05, 0) is 29.5 Å². The average molecular weight is 350 g/mol. The van der Waals surface area contributed by atoms with E-state index in [4.69, 9.17) is 0 Å². The van der Waals surface area contributed by atoms with Crippen LogP contribution in [0, 0.1) is 5.92 Å². The van der Waals surface area contributed by atoms with Crippen molar-refractivity contribution < 1.29 is 9.59 Å². The van der Waals surface area contributed by atoms with Crippen LogP contribution in [0.4, 0.5) is 0 Å². The third-order valence-electron chi connectivity index (χ3n) is 5.00. The summed E-state index contributed by atoms with van der Waals surface area (Å²) in [6.07, 6.45) is 2.15. The fraction of sp³-hybridized carbons (Fsp3) is 0.364. The van der Waals surface area contributed by atoms with Gasteiger partial charge in [0.15, 0.2) is 0 Å². The first-order valence-electron chi connectivity index (χ1n) is 9.33. The fourth-order valence-electron chi connectivity index (χ4n) is 3.30. The monoisotopic (exact) mass is 350 g/mol. The van der Waals surface area contributed by atoms with E-state index in [-0.39, 0.29) is 17.7 Å². The standard InChI is InChI=1S/C22H26N2O2/c1-2-17-8-10-19(11-9-17)15-23-22(26)20-14-21(25)24(16-20)13-12-18-6-4-3-5-7-18/h3-11,20H,2,12-16H2,1H3,(H,23,26)/t20-/m1/s1. The van der Waals surface area contributed by atoms with Crippen LogP contribution in [-0.4, -0.2) is 29.8 Å². The predicted octanol–water partition coefficient (Wildman–Crippen LogP) is 2.96. The highest BCUT2D eigenvalue weighted by Crippen LogP contribution is 2.19. The van der Waals surface area contributed by atoms with Gasteiger partial charge in [-0.2, -0.15) is 0 Å². The van der Waals surface area contributed by atoms with Crippen molar-refractivity contribution in [2.45, 2.75) is 32.7 Å². The van der Waals surface area contributed by atoms with Gasteiger partial charge in [-0.25, -0.2) is 0 Å². The molecular formula is C22H26N2O2. The number of nitrogens with one attached hydrogen (secondary N) is 1.